The van der Waals surface area contributed by atoms with Gasteiger partial charge >= 0.3 is 0 Å². The number of aryl methyl sites for hydroxylation is 1. The van der Waals surface area contributed by atoms with E-state index < -0.39 is 0 Å². The van der Waals surface area contributed by atoms with Crippen molar-refractivity contribution in [3.8, 4) is 0 Å². The van der Waals surface area contributed by atoms with Crippen LogP contribution in [0.2, 0.25) is 0 Å². The van der Waals surface area contributed by atoms with Gasteiger partial charge < -0.3 is 5.32 Å². The molecule has 1 aliphatic rings. The molecule has 2 aromatic heterocycles. The standard InChI is InChI=1S/C14H16BrN3S/c15-10-6-11(19-8-10)7-16-14-12-4-2-1-3-5-13(12)17-9-18-14/h6,8-9H,1-5,7H2,(H,16,17,18). The summed E-state index contributed by atoms with van der Waals surface area (Å²) < 4.78 is 1.15. The van der Waals surface area contributed by atoms with Crippen LogP contribution in [-0.2, 0) is 19.4 Å². The maximum atomic E-state index is 4.44. The molecule has 0 saturated heterocycles. The molecule has 0 amide bonds. The summed E-state index contributed by atoms with van der Waals surface area (Å²) in [7, 11) is 0. The van der Waals surface area contributed by atoms with Crippen LogP contribution in [0.3, 0.4) is 0 Å². The van der Waals surface area contributed by atoms with Crippen LogP contribution in [0.25, 0.3) is 0 Å². The van der Waals surface area contributed by atoms with Gasteiger partial charge in [-0.3, -0.25) is 0 Å². The topological polar surface area (TPSA) is 37.8 Å². The first-order chi connectivity index (χ1) is 9.33. The lowest BCUT2D eigenvalue weighted by Crippen LogP contribution is -2.07. The molecule has 0 bridgehead atoms. The van der Waals surface area contributed by atoms with Crippen molar-refractivity contribution >= 4 is 33.1 Å². The highest BCUT2D eigenvalue weighted by atomic mass is 79.9. The van der Waals surface area contributed by atoms with Crippen LogP contribution < -0.4 is 5.32 Å². The number of anilines is 1. The minimum absolute atomic E-state index is 0.833. The zero-order valence-corrected chi connectivity index (χ0v) is 13.1. The second kappa shape index (κ2) is 6.01. The summed E-state index contributed by atoms with van der Waals surface area (Å²) in [5.74, 6) is 1.02. The predicted molar refractivity (Wildman–Crippen MR) is 82.6 cm³/mol. The Hall–Kier alpha value is -0.940. The minimum Gasteiger partial charge on any atom is -0.365 e. The molecular weight excluding hydrogens is 322 g/mol. The molecule has 3 rings (SSSR count). The molecule has 0 unspecified atom stereocenters. The van der Waals surface area contributed by atoms with E-state index in [-0.39, 0.29) is 0 Å². The number of hydrogen-bond acceptors (Lipinski definition) is 4. The zero-order chi connectivity index (χ0) is 13.1. The fraction of sp³-hybridized carbons (Fsp3) is 0.429. The van der Waals surface area contributed by atoms with Gasteiger partial charge in [0.05, 0.1) is 6.54 Å². The Morgan fingerprint density at radius 1 is 1.21 bits per heavy atom. The van der Waals surface area contributed by atoms with Gasteiger partial charge in [-0.25, -0.2) is 9.97 Å². The molecule has 19 heavy (non-hydrogen) atoms. The number of thiophene rings is 1. The van der Waals surface area contributed by atoms with Crippen molar-refractivity contribution in [3.63, 3.8) is 0 Å². The van der Waals surface area contributed by atoms with Crippen LogP contribution in [-0.4, -0.2) is 9.97 Å². The van der Waals surface area contributed by atoms with Crippen molar-refractivity contribution < 1.29 is 0 Å². The second-order valence-corrected chi connectivity index (χ2v) is 6.70. The van der Waals surface area contributed by atoms with Crippen molar-refractivity contribution in [1.82, 2.24) is 9.97 Å². The third-order valence-electron chi connectivity index (χ3n) is 3.43. The summed E-state index contributed by atoms with van der Waals surface area (Å²) in [6, 6.07) is 2.15. The summed E-state index contributed by atoms with van der Waals surface area (Å²) >= 11 is 5.24. The Balaban J connectivity index is 1.77. The number of nitrogens with zero attached hydrogens (tertiary/aromatic N) is 2. The largest absolute Gasteiger partial charge is 0.365 e. The molecule has 0 saturated carbocycles. The molecule has 1 aliphatic carbocycles. The van der Waals surface area contributed by atoms with Crippen LogP contribution in [0.1, 0.15) is 35.4 Å². The number of fused-ring (bicyclic) bond motifs is 1. The number of rotatable bonds is 3. The van der Waals surface area contributed by atoms with E-state index in [4.69, 9.17) is 0 Å². The molecule has 2 heterocycles. The molecule has 100 valence electrons. The van der Waals surface area contributed by atoms with Gasteiger partial charge in [-0.1, -0.05) is 6.42 Å². The molecule has 0 fully saturated rings. The van der Waals surface area contributed by atoms with Crippen molar-refractivity contribution in [3.05, 3.63) is 38.4 Å². The van der Waals surface area contributed by atoms with E-state index in [0.717, 1.165) is 29.7 Å². The van der Waals surface area contributed by atoms with E-state index in [0.29, 0.717) is 0 Å². The molecule has 0 aromatic carbocycles. The van der Waals surface area contributed by atoms with Gasteiger partial charge in [-0.2, -0.15) is 0 Å². The third-order valence-corrected chi connectivity index (χ3v) is 5.12. The highest BCUT2D eigenvalue weighted by Crippen LogP contribution is 2.25. The lowest BCUT2D eigenvalue weighted by molar-refractivity contribution is 0.709. The van der Waals surface area contributed by atoms with E-state index in [1.807, 2.05) is 0 Å². The summed E-state index contributed by atoms with van der Waals surface area (Å²) in [5.41, 5.74) is 2.57. The molecule has 0 atom stereocenters. The highest BCUT2D eigenvalue weighted by Gasteiger charge is 2.14. The number of aromatic nitrogens is 2. The van der Waals surface area contributed by atoms with Gasteiger partial charge in [0.25, 0.3) is 0 Å². The van der Waals surface area contributed by atoms with E-state index in [1.54, 1.807) is 17.7 Å². The Kier molecular flexibility index (Phi) is 4.13. The van der Waals surface area contributed by atoms with E-state index in [2.05, 4.69) is 42.7 Å². The van der Waals surface area contributed by atoms with Gasteiger partial charge in [-0.05, 0) is 47.7 Å². The maximum absolute atomic E-state index is 4.44. The average Bonchev–Trinajstić information content (AvgIpc) is 2.69. The first kappa shape index (κ1) is 13.1. The first-order valence-corrected chi connectivity index (χ1v) is 8.30. The van der Waals surface area contributed by atoms with Crippen LogP contribution >= 0.6 is 27.3 Å². The minimum atomic E-state index is 0.833. The highest BCUT2D eigenvalue weighted by molar-refractivity contribution is 9.10. The predicted octanol–water partition coefficient (Wildman–Crippen LogP) is 4.18. The lowest BCUT2D eigenvalue weighted by atomic mass is 10.1. The Labute approximate surface area is 125 Å². The van der Waals surface area contributed by atoms with Crippen molar-refractivity contribution in [1.29, 1.82) is 0 Å². The lowest BCUT2D eigenvalue weighted by Gasteiger charge is -2.11. The fourth-order valence-corrected chi connectivity index (χ4v) is 3.86. The number of halogens is 1. The van der Waals surface area contributed by atoms with Crippen molar-refractivity contribution in [2.24, 2.45) is 0 Å². The Morgan fingerprint density at radius 3 is 2.95 bits per heavy atom. The first-order valence-electron chi connectivity index (χ1n) is 6.62. The van der Waals surface area contributed by atoms with E-state index in [9.17, 15) is 0 Å². The van der Waals surface area contributed by atoms with Gasteiger partial charge in [0.15, 0.2) is 0 Å². The van der Waals surface area contributed by atoms with Gasteiger partial charge in [0.2, 0.25) is 0 Å². The van der Waals surface area contributed by atoms with Crippen LogP contribution in [0.15, 0.2) is 22.2 Å². The number of hydrogen-bond donors (Lipinski definition) is 1. The average molecular weight is 338 g/mol. The molecule has 0 aliphatic heterocycles. The molecule has 5 heteroatoms. The SMILES string of the molecule is Brc1csc(CNc2ncnc3c2CCCCC3)c1. The molecular formula is C14H16BrN3S. The van der Waals surface area contributed by atoms with Crippen LogP contribution in [0, 0.1) is 0 Å². The van der Waals surface area contributed by atoms with Crippen LogP contribution in [0.4, 0.5) is 5.82 Å². The van der Waals surface area contributed by atoms with E-state index in [1.165, 1.54) is 35.4 Å². The van der Waals surface area contributed by atoms with Gasteiger partial charge in [0.1, 0.15) is 12.1 Å². The summed E-state index contributed by atoms with van der Waals surface area (Å²) in [6.07, 6.45) is 7.69. The smallest absolute Gasteiger partial charge is 0.133 e. The fourth-order valence-electron chi connectivity index (χ4n) is 2.47. The van der Waals surface area contributed by atoms with Gasteiger partial charge in [0, 0.05) is 26.0 Å². The van der Waals surface area contributed by atoms with Crippen molar-refractivity contribution in [2.75, 3.05) is 5.32 Å². The second-order valence-electron chi connectivity index (χ2n) is 4.79. The normalized spacial score (nSPS) is 14.8. The monoisotopic (exact) mass is 337 g/mol. The maximum Gasteiger partial charge on any atom is 0.133 e. The van der Waals surface area contributed by atoms with Gasteiger partial charge in [-0.15, -0.1) is 11.3 Å². The summed E-state index contributed by atoms with van der Waals surface area (Å²) in [6.45, 7) is 0.833. The molecule has 2 aromatic rings. The Bertz CT molecular complexity index is 568. The molecule has 0 radical (unpaired) electrons. The molecule has 3 nitrogen and oxygen atoms in total. The molecule has 1 N–H and O–H groups in total. The molecule has 0 spiro atoms. The quantitative estimate of drug-likeness (QED) is 0.853. The van der Waals surface area contributed by atoms with Crippen molar-refractivity contribution in [2.45, 2.75) is 38.6 Å². The number of nitrogens with one attached hydrogen (secondary N) is 1. The Morgan fingerprint density at radius 2 is 2.11 bits per heavy atom. The van der Waals surface area contributed by atoms with Crippen LogP contribution in [0.5, 0.6) is 0 Å². The zero-order valence-electron chi connectivity index (χ0n) is 10.7. The summed E-state index contributed by atoms with van der Waals surface area (Å²) in [5, 5.41) is 5.58. The van der Waals surface area contributed by atoms with E-state index >= 15 is 0 Å². The third kappa shape index (κ3) is 3.15. The summed E-state index contributed by atoms with van der Waals surface area (Å²) in [4.78, 5) is 10.2.